The minimum Gasteiger partial charge on any atom is -0.484 e. The van der Waals surface area contributed by atoms with E-state index in [1.54, 1.807) is 12.1 Å². The molecule has 0 bridgehead atoms. The van der Waals surface area contributed by atoms with Crippen molar-refractivity contribution in [3.8, 4) is 5.75 Å². The van der Waals surface area contributed by atoms with Crippen molar-refractivity contribution in [3.63, 3.8) is 0 Å². The summed E-state index contributed by atoms with van der Waals surface area (Å²) in [4.78, 5) is 27.0. The van der Waals surface area contributed by atoms with Crippen molar-refractivity contribution >= 4 is 17.5 Å². The summed E-state index contributed by atoms with van der Waals surface area (Å²) < 4.78 is 11.4. The average Bonchev–Trinajstić information content (AvgIpc) is 3.14. The summed E-state index contributed by atoms with van der Waals surface area (Å²) >= 11 is 0. The normalized spacial score (nSPS) is 17.5. The molecule has 1 fully saturated rings. The van der Waals surface area contributed by atoms with Crippen LogP contribution in [0.3, 0.4) is 0 Å². The summed E-state index contributed by atoms with van der Waals surface area (Å²) in [6.45, 7) is 3.35. The summed E-state index contributed by atoms with van der Waals surface area (Å²) in [6, 6.07) is 9.17. The van der Waals surface area contributed by atoms with Gasteiger partial charge in [0.2, 0.25) is 0 Å². The maximum Gasteiger partial charge on any atom is 0.289 e. The number of ether oxygens (including phenoxy) is 1. The first-order chi connectivity index (χ1) is 14.6. The molecule has 1 aliphatic heterocycles. The van der Waals surface area contributed by atoms with Gasteiger partial charge in [0.1, 0.15) is 11.5 Å². The number of benzene rings is 1. The Hall–Kier alpha value is -3.09. The zero-order valence-electron chi connectivity index (χ0n) is 17.3. The van der Waals surface area contributed by atoms with E-state index in [4.69, 9.17) is 9.15 Å². The third-order valence-electron chi connectivity index (χ3n) is 5.59. The molecule has 2 aromatic rings. The second-order valence-corrected chi connectivity index (χ2v) is 7.76. The Morgan fingerprint density at radius 2 is 1.87 bits per heavy atom. The summed E-state index contributed by atoms with van der Waals surface area (Å²) in [5.74, 6) is 1.46. The number of para-hydroxylation sites is 1. The number of hydrogen-bond donors (Lipinski definition) is 1. The van der Waals surface area contributed by atoms with Gasteiger partial charge in [-0.15, -0.1) is 0 Å². The number of rotatable bonds is 5. The van der Waals surface area contributed by atoms with Crippen molar-refractivity contribution in [3.05, 3.63) is 53.0 Å². The number of carbonyl (C=O) groups excluding carboxylic acids is 2. The van der Waals surface area contributed by atoms with E-state index in [-0.39, 0.29) is 18.4 Å². The van der Waals surface area contributed by atoms with Crippen LogP contribution < -0.4 is 10.2 Å². The number of furan rings is 1. The van der Waals surface area contributed by atoms with Crippen LogP contribution in [0.5, 0.6) is 5.75 Å². The third-order valence-corrected chi connectivity index (χ3v) is 5.59. The molecular formula is C23H27N3O4. The maximum absolute atomic E-state index is 12.9. The van der Waals surface area contributed by atoms with Crippen LogP contribution in [0.2, 0.25) is 0 Å². The van der Waals surface area contributed by atoms with Crippen molar-refractivity contribution in [1.82, 2.24) is 10.3 Å². The first-order valence-corrected chi connectivity index (χ1v) is 10.6. The highest BCUT2D eigenvalue weighted by atomic mass is 16.5. The quantitative estimate of drug-likeness (QED) is 0.767. The fourth-order valence-corrected chi connectivity index (χ4v) is 4.05. The number of hydrogen-bond acceptors (Lipinski definition) is 5. The predicted molar refractivity (Wildman–Crippen MR) is 113 cm³/mol. The van der Waals surface area contributed by atoms with Gasteiger partial charge in [0.15, 0.2) is 12.4 Å². The summed E-state index contributed by atoms with van der Waals surface area (Å²) in [5, 5.41) is 4.33. The molecule has 0 saturated carbocycles. The molecule has 1 aliphatic carbocycles. The molecule has 2 heterocycles. The lowest BCUT2D eigenvalue weighted by Gasteiger charge is -2.25. The molecule has 0 radical (unpaired) electrons. The van der Waals surface area contributed by atoms with Gasteiger partial charge >= 0.3 is 0 Å². The van der Waals surface area contributed by atoms with Gasteiger partial charge in [0.05, 0.1) is 5.71 Å². The van der Waals surface area contributed by atoms with E-state index in [0.29, 0.717) is 11.5 Å². The van der Waals surface area contributed by atoms with Crippen LogP contribution in [0.4, 0.5) is 0 Å². The lowest BCUT2D eigenvalue weighted by molar-refractivity contribution is -0.123. The fraction of sp³-hybridized carbons (Fsp3) is 0.435. The summed E-state index contributed by atoms with van der Waals surface area (Å²) in [5.41, 5.74) is 5.01. The van der Waals surface area contributed by atoms with Gasteiger partial charge in [-0.1, -0.05) is 18.2 Å². The number of nitrogens with one attached hydrogen (secondary N) is 1. The van der Waals surface area contributed by atoms with Crippen LogP contribution in [0.1, 0.15) is 59.5 Å². The number of nitrogens with zero attached hydrogens (tertiary/aromatic N) is 2. The van der Waals surface area contributed by atoms with Gasteiger partial charge in [-0.05, 0) is 51.2 Å². The molecule has 0 atom stereocenters. The van der Waals surface area contributed by atoms with E-state index < -0.39 is 0 Å². The Balaban J connectivity index is 1.45. The number of likely N-dealkylation sites (tertiary alicyclic amines) is 1. The fourth-order valence-electron chi connectivity index (χ4n) is 4.05. The minimum atomic E-state index is -0.329. The minimum absolute atomic E-state index is 0.0405. The standard InChI is InChI=1S/C23H27N3O4/c1-16-21-18(24-25-20(27)15-29-17-9-4-2-5-10-17)11-8-12-19(21)30-22(16)23(28)26-13-6-3-7-14-26/h2,4-5,9-10H,3,6-8,11-15H2,1H3,(H,25,27)/b24-18+. The highest BCUT2D eigenvalue weighted by molar-refractivity contribution is 6.06. The molecule has 1 aromatic carbocycles. The number of hydrazone groups is 1. The smallest absolute Gasteiger partial charge is 0.289 e. The van der Waals surface area contributed by atoms with Gasteiger partial charge in [0, 0.05) is 30.6 Å². The first-order valence-electron chi connectivity index (χ1n) is 10.6. The van der Waals surface area contributed by atoms with E-state index in [0.717, 1.165) is 67.8 Å². The molecule has 7 nitrogen and oxygen atoms in total. The van der Waals surface area contributed by atoms with Gasteiger partial charge in [-0.3, -0.25) is 9.59 Å². The molecule has 1 aromatic heterocycles. The van der Waals surface area contributed by atoms with Crippen LogP contribution in [-0.4, -0.2) is 42.1 Å². The van der Waals surface area contributed by atoms with E-state index in [1.807, 2.05) is 30.0 Å². The average molecular weight is 409 g/mol. The Morgan fingerprint density at radius 1 is 1.10 bits per heavy atom. The number of fused-ring (bicyclic) bond motifs is 1. The van der Waals surface area contributed by atoms with Crippen molar-refractivity contribution < 1.29 is 18.7 Å². The second-order valence-electron chi connectivity index (χ2n) is 7.76. The number of piperidine rings is 1. The maximum atomic E-state index is 12.9. The predicted octanol–water partition coefficient (Wildman–Crippen LogP) is 3.45. The van der Waals surface area contributed by atoms with E-state index in [2.05, 4.69) is 10.5 Å². The van der Waals surface area contributed by atoms with Crippen LogP contribution in [0.25, 0.3) is 0 Å². The lowest BCUT2D eigenvalue weighted by atomic mass is 9.93. The molecular weight excluding hydrogens is 382 g/mol. The zero-order chi connectivity index (χ0) is 20.9. The van der Waals surface area contributed by atoms with E-state index in [1.165, 1.54) is 6.42 Å². The molecule has 2 aliphatic rings. The molecule has 7 heteroatoms. The lowest BCUT2D eigenvalue weighted by Crippen LogP contribution is -2.35. The molecule has 4 rings (SSSR count). The van der Waals surface area contributed by atoms with Crippen LogP contribution in [-0.2, 0) is 11.2 Å². The SMILES string of the molecule is Cc1c(C(=O)N2CCCCC2)oc2c1/C(=N/NC(=O)COc1ccccc1)CCC2. The van der Waals surface area contributed by atoms with Crippen LogP contribution in [0, 0.1) is 6.92 Å². The molecule has 1 N–H and O–H groups in total. The summed E-state index contributed by atoms with van der Waals surface area (Å²) in [7, 11) is 0. The highest BCUT2D eigenvalue weighted by Gasteiger charge is 2.30. The van der Waals surface area contributed by atoms with Crippen molar-refractivity contribution in [2.24, 2.45) is 5.10 Å². The molecule has 1 saturated heterocycles. The van der Waals surface area contributed by atoms with Gasteiger partial charge in [-0.2, -0.15) is 5.10 Å². The number of carbonyl (C=O) groups is 2. The Morgan fingerprint density at radius 3 is 2.63 bits per heavy atom. The van der Waals surface area contributed by atoms with Crippen LogP contribution >= 0.6 is 0 Å². The first kappa shape index (κ1) is 20.2. The largest absolute Gasteiger partial charge is 0.484 e. The Kier molecular flexibility index (Phi) is 6.16. The third kappa shape index (κ3) is 4.40. The van der Waals surface area contributed by atoms with Crippen molar-refractivity contribution in [2.75, 3.05) is 19.7 Å². The van der Waals surface area contributed by atoms with Gasteiger partial charge in [-0.25, -0.2) is 5.43 Å². The molecule has 30 heavy (non-hydrogen) atoms. The van der Waals surface area contributed by atoms with Crippen LogP contribution in [0.15, 0.2) is 39.9 Å². The van der Waals surface area contributed by atoms with Gasteiger partial charge < -0.3 is 14.1 Å². The molecule has 2 amide bonds. The Labute approximate surface area is 176 Å². The monoisotopic (exact) mass is 409 g/mol. The topological polar surface area (TPSA) is 84.1 Å². The van der Waals surface area contributed by atoms with Gasteiger partial charge in [0.25, 0.3) is 11.8 Å². The number of aryl methyl sites for hydroxylation is 1. The molecule has 0 spiro atoms. The van der Waals surface area contributed by atoms with Crippen molar-refractivity contribution in [2.45, 2.75) is 45.4 Å². The van der Waals surface area contributed by atoms with E-state index >= 15 is 0 Å². The second kappa shape index (κ2) is 9.15. The molecule has 0 unspecified atom stereocenters. The summed E-state index contributed by atoms with van der Waals surface area (Å²) in [6.07, 6.45) is 5.61. The van der Waals surface area contributed by atoms with Crippen molar-refractivity contribution in [1.29, 1.82) is 0 Å². The number of amides is 2. The Bertz CT molecular complexity index is 943. The molecule has 158 valence electrons. The zero-order valence-corrected chi connectivity index (χ0v) is 17.3. The highest BCUT2D eigenvalue weighted by Crippen LogP contribution is 2.31. The van der Waals surface area contributed by atoms with E-state index in [9.17, 15) is 9.59 Å².